The molecular weight excluding hydrogens is 230 g/mol. The van der Waals surface area contributed by atoms with Crippen molar-refractivity contribution in [2.24, 2.45) is 10.9 Å². The highest BCUT2D eigenvalue weighted by Crippen LogP contribution is 2.25. The Hall–Kier alpha value is -1.76. The van der Waals surface area contributed by atoms with Gasteiger partial charge in [-0.3, -0.25) is 4.79 Å². The lowest BCUT2D eigenvalue weighted by atomic mass is 10.3. The number of ether oxygens (including phenoxy) is 1. The molecule has 1 heterocycles. The summed E-state index contributed by atoms with van der Waals surface area (Å²) in [5.74, 6) is 0.284. The molecule has 3 N–H and O–H groups in total. The van der Waals surface area contributed by atoms with E-state index >= 15 is 0 Å². The monoisotopic (exact) mass is 243 g/mol. The van der Waals surface area contributed by atoms with E-state index in [1.165, 1.54) is 23.3 Å². The van der Waals surface area contributed by atoms with E-state index in [1.54, 1.807) is 18.5 Å². The van der Waals surface area contributed by atoms with E-state index in [9.17, 15) is 4.79 Å². The lowest BCUT2D eigenvalue weighted by Crippen LogP contribution is -2.35. The first-order valence-corrected chi connectivity index (χ1v) is 5.31. The Balaban J connectivity index is 2.78. The highest BCUT2D eigenvalue weighted by atomic mass is 32.1. The first-order valence-electron chi connectivity index (χ1n) is 4.43. The molecule has 1 rings (SSSR count). The molecule has 1 amide bonds. The molecule has 0 bridgehead atoms. The van der Waals surface area contributed by atoms with Gasteiger partial charge in [0.05, 0.1) is 13.7 Å². The average Bonchev–Trinajstić information content (AvgIpc) is 2.75. The minimum absolute atomic E-state index is 0.0219. The highest BCUT2D eigenvalue weighted by molar-refractivity contribution is 7.12. The van der Waals surface area contributed by atoms with Gasteiger partial charge in [-0.05, 0) is 11.4 Å². The van der Waals surface area contributed by atoms with Crippen molar-refractivity contribution >= 4 is 23.1 Å². The number of carbonyl (C=O) groups excluding carboxylic acids is 1. The molecule has 0 aliphatic carbocycles. The van der Waals surface area contributed by atoms with Crippen LogP contribution in [-0.2, 0) is 0 Å². The third-order valence-corrected chi connectivity index (χ3v) is 2.80. The van der Waals surface area contributed by atoms with E-state index in [-0.39, 0.29) is 18.3 Å². The van der Waals surface area contributed by atoms with Gasteiger partial charge in [0, 0.05) is 7.05 Å². The van der Waals surface area contributed by atoms with Crippen LogP contribution in [0.2, 0.25) is 0 Å². The molecule has 0 unspecified atom stereocenters. The van der Waals surface area contributed by atoms with Gasteiger partial charge in [-0.25, -0.2) is 0 Å². The van der Waals surface area contributed by atoms with E-state index in [1.807, 2.05) is 0 Å². The van der Waals surface area contributed by atoms with E-state index in [0.717, 1.165) is 0 Å². The van der Waals surface area contributed by atoms with Crippen molar-refractivity contribution < 1.29 is 14.7 Å². The SMILES string of the molecule is COc1ccsc1C(=O)N(C)C/C(N)=N/O. The van der Waals surface area contributed by atoms with Crippen LogP contribution in [0.25, 0.3) is 0 Å². The van der Waals surface area contributed by atoms with Gasteiger partial charge in [-0.1, -0.05) is 5.16 Å². The van der Waals surface area contributed by atoms with Crippen molar-refractivity contribution in [1.29, 1.82) is 0 Å². The third-order valence-electron chi connectivity index (χ3n) is 1.92. The van der Waals surface area contributed by atoms with E-state index in [2.05, 4.69) is 5.16 Å². The molecule has 0 saturated heterocycles. The van der Waals surface area contributed by atoms with Gasteiger partial charge in [-0.2, -0.15) is 0 Å². The summed E-state index contributed by atoms with van der Waals surface area (Å²) in [6, 6.07) is 1.72. The molecule has 0 saturated carbocycles. The second-order valence-electron chi connectivity index (χ2n) is 3.07. The Morgan fingerprint density at radius 1 is 1.75 bits per heavy atom. The van der Waals surface area contributed by atoms with Crippen molar-refractivity contribution in [3.63, 3.8) is 0 Å². The van der Waals surface area contributed by atoms with Crippen molar-refractivity contribution in [3.8, 4) is 5.75 Å². The summed E-state index contributed by atoms with van der Waals surface area (Å²) in [4.78, 5) is 13.7. The summed E-state index contributed by atoms with van der Waals surface area (Å²) < 4.78 is 5.04. The molecule has 0 radical (unpaired) electrons. The van der Waals surface area contributed by atoms with E-state index in [4.69, 9.17) is 15.7 Å². The molecule has 0 fully saturated rings. The number of nitrogens with two attached hydrogens (primary N) is 1. The fourth-order valence-electron chi connectivity index (χ4n) is 1.13. The zero-order valence-electron chi connectivity index (χ0n) is 9.01. The van der Waals surface area contributed by atoms with Crippen LogP contribution >= 0.6 is 11.3 Å². The molecule has 6 nitrogen and oxygen atoms in total. The van der Waals surface area contributed by atoms with Gasteiger partial charge in [0.25, 0.3) is 5.91 Å². The number of thiophene rings is 1. The zero-order valence-corrected chi connectivity index (χ0v) is 9.82. The number of amidine groups is 1. The molecule has 1 aromatic heterocycles. The van der Waals surface area contributed by atoms with Crippen LogP contribution in [0.3, 0.4) is 0 Å². The van der Waals surface area contributed by atoms with Crippen LogP contribution in [0, 0.1) is 0 Å². The van der Waals surface area contributed by atoms with Gasteiger partial charge >= 0.3 is 0 Å². The topological polar surface area (TPSA) is 88.2 Å². The van der Waals surface area contributed by atoms with Crippen LogP contribution < -0.4 is 10.5 Å². The number of amides is 1. The van der Waals surface area contributed by atoms with Gasteiger partial charge < -0.3 is 20.6 Å². The fourth-order valence-corrected chi connectivity index (χ4v) is 1.99. The van der Waals surface area contributed by atoms with Crippen LogP contribution in [-0.4, -0.2) is 42.6 Å². The maximum absolute atomic E-state index is 11.9. The molecule has 7 heteroatoms. The smallest absolute Gasteiger partial charge is 0.267 e. The summed E-state index contributed by atoms with van der Waals surface area (Å²) in [6.07, 6.45) is 0. The zero-order chi connectivity index (χ0) is 12.1. The highest BCUT2D eigenvalue weighted by Gasteiger charge is 2.18. The Labute approximate surface area is 96.9 Å². The first-order chi connectivity index (χ1) is 7.60. The van der Waals surface area contributed by atoms with Crippen LogP contribution in [0.4, 0.5) is 0 Å². The Bertz CT molecular complexity index is 402. The molecule has 0 spiro atoms. The van der Waals surface area contributed by atoms with E-state index < -0.39 is 0 Å². The second-order valence-corrected chi connectivity index (χ2v) is 3.99. The van der Waals surface area contributed by atoms with Crippen molar-refractivity contribution in [3.05, 3.63) is 16.3 Å². The second kappa shape index (κ2) is 5.36. The molecule has 0 aliphatic rings. The van der Waals surface area contributed by atoms with Crippen LogP contribution in [0.5, 0.6) is 5.75 Å². The summed E-state index contributed by atoms with van der Waals surface area (Å²) in [5, 5.41) is 13.0. The largest absolute Gasteiger partial charge is 0.495 e. The van der Waals surface area contributed by atoms with Crippen molar-refractivity contribution in [1.82, 2.24) is 4.90 Å². The van der Waals surface area contributed by atoms with Gasteiger partial charge in [0.1, 0.15) is 10.6 Å². The van der Waals surface area contributed by atoms with Gasteiger partial charge in [0.15, 0.2) is 5.84 Å². The maximum atomic E-state index is 11.9. The summed E-state index contributed by atoms with van der Waals surface area (Å²) >= 11 is 1.29. The minimum Gasteiger partial charge on any atom is -0.495 e. The quantitative estimate of drug-likeness (QED) is 0.350. The number of oxime groups is 1. The Morgan fingerprint density at radius 2 is 2.44 bits per heavy atom. The number of carbonyl (C=O) groups is 1. The summed E-state index contributed by atoms with van der Waals surface area (Å²) in [5.41, 5.74) is 5.31. The molecule has 0 aromatic carbocycles. The van der Waals surface area contributed by atoms with Gasteiger partial charge in [-0.15, -0.1) is 11.3 Å². The summed E-state index contributed by atoms with van der Waals surface area (Å²) in [7, 11) is 3.07. The number of hydrogen-bond donors (Lipinski definition) is 2. The predicted molar refractivity (Wildman–Crippen MR) is 61.2 cm³/mol. The standard InChI is InChI=1S/C9H13N3O3S/c1-12(5-7(10)11-14)9(13)8-6(15-2)3-4-16-8/h3-4,14H,5H2,1-2H3,(H2,10,11). The number of methoxy groups -OCH3 is 1. The number of likely N-dealkylation sites (N-methyl/N-ethyl adjacent to an activating group) is 1. The van der Waals surface area contributed by atoms with Crippen molar-refractivity contribution in [2.45, 2.75) is 0 Å². The summed E-state index contributed by atoms with van der Waals surface area (Å²) in [6.45, 7) is 0.0659. The predicted octanol–water partition coefficient (Wildman–Crippen LogP) is 0.575. The number of hydrogen-bond acceptors (Lipinski definition) is 5. The lowest BCUT2D eigenvalue weighted by molar-refractivity contribution is 0.0815. The normalized spacial score (nSPS) is 11.2. The van der Waals surface area contributed by atoms with E-state index in [0.29, 0.717) is 10.6 Å². The minimum atomic E-state index is -0.224. The molecule has 0 aliphatic heterocycles. The molecule has 88 valence electrons. The molecule has 1 aromatic rings. The fraction of sp³-hybridized carbons (Fsp3) is 0.333. The average molecular weight is 243 g/mol. The van der Waals surface area contributed by atoms with Crippen molar-refractivity contribution in [2.75, 3.05) is 20.7 Å². The first kappa shape index (κ1) is 12.3. The molecule has 0 atom stereocenters. The number of nitrogens with zero attached hydrogens (tertiary/aromatic N) is 2. The molecule has 16 heavy (non-hydrogen) atoms. The Kier molecular flexibility index (Phi) is 4.12. The third kappa shape index (κ3) is 2.63. The maximum Gasteiger partial charge on any atom is 0.267 e. The number of rotatable bonds is 4. The molecular formula is C9H13N3O3S. The Morgan fingerprint density at radius 3 is 3.00 bits per heavy atom. The van der Waals surface area contributed by atoms with Gasteiger partial charge in [0.2, 0.25) is 0 Å². The van der Waals surface area contributed by atoms with Crippen LogP contribution in [0.1, 0.15) is 9.67 Å². The van der Waals surface area contributed by atoms with Crippen LogP contribution in [0.15, 0.2) is 16.6 Å². The lowest BCUT2D eigenvalue weighted by Gasteiger charge is -2.15.